The third kappa shape index (κ3) is 9.77. The molecular formula is C11H23N3O3. The third-order valence-corrected chi connectivity index (χ3v) is 2.12. The van der Waals surface area contributed by atoms with Crippen molar-refractivity contribution in [2.24, 2.45) is 0 Å². The van der Waals surface area contributed by atoms with Crippen LogP contribution in [0.3, 0.4) is 0 Å². The van der Waals surface area contributed by atoms with Crippen molar-refractivity contribution in [1.29, 1.82) is 0 Å². The van der Waals surface area contributed by atoms with Gasteiger partial charge in [-0.15, -0.1) is 0 Å². The summed E-state index contributed by atoms with van der Waals surface area (Å²) in [5, 5.41) is 8.32. The summed E-state index contributed by atoms with van der Waals surface area (Å²) < 4.78 is 4.79. The number of carbonyl (C=O) groups excluding carboxylic acids is 2. The maximum absolute atomic E-state index is 11.4. The molecule has 0 saturated carbocycles. The Kier molecular flexibility index (Phi) is 9.37. The maximum atomic E-state index is 11.4. The molecule has 0 aromatic heterocycles. The van der Waals surface area contributed by atoms with Gasteiger partial charge < -0.3 is 20.7 Å². The molecule has 0 spiro atoms. The van der Waals surface area contributed by atoms with Crippen LogP contribution in [0, 0.1) is 0 Å². The van der Waals surface area contributed by atoms with Crippen molar-refractivity contribution in [3.8, 4) is 0 Å². The summed E-state index contributed by atoms with van der Waals surface area (Å²) in [6.07, 6.45) is 0.374. The molecular weight excluding hydrogens is 222 g/mol. The summed E-state index contributed by atoms with van der Waals surface area (Å²) in [5.41, 5.74) is 0. The molecule has 0 bridgehead atoms. The van der Waals surface area contributed by atoms with Gasteiger partial charge in [0.25, 0.3) is 0 Å². The largest absolute Gasteiger partial charge is 0.383 e. The predicted octanol–water partition coefficient (Wildman–Crippen LogP) is -0.747. The number of hydrogen-bond donors (Lipinski definition) is 3. The van der Waals surface area contributed by atoms with E-state index in [9.17, 15) is 9.59 Å². The predicted molar refractivity (Wildman–Crippen MR) is 65.7 cm³/mol. The first-order valence-corrected chi connectivity index (χ1v) is 5.85. The molecule has 0 aliphatic carbocycles. The minimum atomic E-state index is -0.202. The zero-order valence-electron chi connectivity index (χ0n) is 10.8. The van der Waals surface area contributed by atoms with Crippen molar-refractivity contribution in [2.75, 3.05) is 33.4 Å². The molecule has 0 heterocycles. The Balaban J connectivity index is 3.58. The van der Waals surface area contributed by atoms with Crippen LogP contribution in [0.4, 0.5) is 0 Å². The van der Waals surface area contributed by atoms with Crippen LogP contribution in [0.25, 0.3) is 0 Å². The van der Waals surface area contributed by atoms with E-state index in [1.54, 1.807) is 7.11 Å². The van der Waals surface area contributed by atoms with Gasteiger partial charge in [-0.25, -0.2) is 0 Å². The molecule has 0 aliphatic heterocycles. The van der Waals surface area contributed by atoms with Crippen molar-refractivity contribution in [1.82, 2.24) is 16.0 Å². The summed E-state index contributed by atoms with van der Waals surface area (Å²) in [7, 11) is 1.57. The van der Waals surface area contributed by atoms with Gasteiger partial charge in [0, 0.05) is 26.1 Å². The second kappa shape index (κ2) is 10.0. The molecule has 100 valence electrons. The maximum Gasteiger partial charge on any atom is 0.239 e. The van der Waals surface area contributed by atoms with Crippen LogP contribution < -0.4 is 16.0 Å². The second-order valence-corrected chi connectivity index (χ2v) is 3.78. The summed E-state index contributed by atoms with van der Waals surface area (Å²) in [5.74, 6) is -0.327. The Morgan fingerprint density at radius 2 is 1.94 bits per heavy atom. The quantitative estimate of drug-likeness (QED) is 0.467. The number of nitrogens with one attached hydrogen (secondary N) is 3. The average Bonchev–Trinajstić information content (AvgIpc) is 2.27. The van der Waals surface area contributed by atoms with E-state index in [0.717, 1.165) is 6.54 Å². The van der Waals surface area contributed by atoms with Crippen LogP contribution in [0.5, 0.6) is 0 Å². The van der Waals surface area contributed by atoms with Crippen LogP contribution in [0.1, 0.15) is 20.3 Å². The first-order chi connectivity index (χ1) is 8.10. The molecule has 0 fully saturated rings. The minimum absolute atomic E-state index is 0.0153. The fraction of sp³-hybridized carbons (Fsp3) is 0.818. The molecule has 0 saturated heterocycles. The Morgan fingerprint density at radius 1 is 1.24 bits per heavy atom. The van der Waals surface area contributed by atoms with Gasteiger partial charge in [0.2, 0.25) is 11.8 Å². The van der Waals surface area contributed by atoms with E-state index < -0.39 is 0 Å². The Labute approximate surface area is 102 Å². The van der Waals surface area contributed by atoms with Gasteiger partial charge in [0.1, 0.15) is 0 Å². The second-order valence-electron chi connectivity index (χ2n) is 3.78. The van der Waals surface area contributed by atoms with E-state index in [-0.39, 0.29) is 24.4 Å². The smallest absolute Gasteiger partial charge is 0.239 e. The monoisotopic (exact) mass is 245 g/mol. The van der Waals surface area contributed by atoms with Gasteiger partial charge >= 0.3 is 0 Å². The summed E-state index contributed by atoms with van der Waals surface area (Å²) in [4.78, 5) is 22.6. The summed E-state index contributed by atoms with van der Waals surface area (Å²) >= 11 is 0. The van der Waals surface area contributed by atoms with E-state index in [1.807, 2.05) is 13.8 Å². The molecule has 0 aliphatic rings. The SMILES string of the molecule is CCNC(C)CC(=O)NCC(=O)NCCOC. The van der Waals surface area contributed by atoms with Gasteiger partial charge in [-0.2, -0.15) is 0 Å². The molecule has 0 aromatic rings. The van der Waals surface area contributed by atoms with Crippen molar-refractivity contribution in [2.45, 2.75) is 26.3 Å². The number of hydrogen-bond acceptors (Lipinski definition) is 4. The van der Waals surface area contributed by atoms with Gasteiger partial charge in [-0.1, -0.05) is 6.92 Å². The number of carbonyl (C=O) groups is 2. The minimum Gasteiger partial charge on any atom is -0.383 e. The van der Waals surface area contributed by atoms with Crippen LogP contribution >= 0.6 is 0 Å². The highest BCUT2D eigenvalue weighted by molar-refractivity contribution is 5.84. The highest BCUT2D eigenvalue weighted by Crippen LogP contribution is 1.89. The molecule has 0 aromatic carbocycles. The van der Waals surface area contributed by atoms with Crippen LogP contribution in [0.15, 0.2) is 0 Å². The van der Waals surface area contributed by atoms with Crippen molar-refractivity contribution in [3.05, 3.63) is 0 Å². The fourth-order valence-corrected chi connectivity index (χ4v) is 1.30. The lowest BCUT2D eigenvalue weighted by molar-refractivity contribution is -0.126. The number of methoxy groups -OCH3 is 1. The standard InChI is InChI=1S/C11H23N3O3/c1-4-12-9(2)7-10(15)14-8-11(16)13-5-6-17-3/h9,12H,4-8H2,1-3H3,(H,13,16)(H,14,15). The van der Waals surface area contributed by atoms with E-state index in [0.29, 0.717) is 19.6 Å². The Bertz CT molecular complexity index is 234. The Hall–Kier alpha value is -1.14. The van der Waals surface area contributed by atoms with Crippen molar-refractivity contribution < 1.29 is 14.3 Å². The molecule has 1 unspecified atom stereocenters. The zero-order valence-corrected chi connectivity index (χ0v) is 10.8. The molecule has 17 heavy (non-hydrogen) atoms. The van der Waals surface area contributed by atoms with Crippen LogP contribution in [-0.4, -0.2) is 51.2 Å². The highest BCUT2D eigenvalue weighted by atomic mass is 16.5. The van der Waals surface area contributed by atoms with Crippen LogP contribution in [0.2, 0.25) is 0 Å². The summed E-state index contributed by atoms with van der Waals surface area (Å²) in [6.45, 7) is 5.68. The van der Waals surface area contributed by atoms with Gasteiger partial charge in [-0.3, -0.25) is 9.59 Å². The van der Waals surface area contributed by atoms with E-state index in [1.165, 1.54) is 0 Å². The van der Waals surface area contributed by atoms with Gasteiger partial charge in [0.05, 0.1) is 13.2 Å². The van der Waals surface area contributed by atoms with E-state index in [4.69, 9.17) is 4.74 Å². The molecule has 0 rings (SSSR count). The molecule has 6 nitrogen and oxygen atoms in total. The first-order valence-electron chi connectivity index (χ1n) is 5.85. The van der Waals surface area contributed by atoms with Gasteiger partial charge in [-0.05, 0) is 13.5 Å². The number of rotatable bonds is 9. The summed E-state index contributed by atoms with van der Waals surface area (Å²) in [6, 6.07) is 0.122. The van der Waals surface area contributed by atoms with Gasteiger partial charge in [0.15, 0.2) is 0 Å². The average molecular weight is 245 g/mol. The molecule has 6 heteroatoms. The number of amides is 2. The topological polar surface area (TPSA) is 79.5 Å². The van der Waals surface area contributed by atoms with Crippen molar-refractivity contribution in [3.63, 3.8) is 0 Å². The molecule has 0 radical (unpaired) electrons. The molecule has 1 atom stereocenters. The zero-order chi connectivity index (χ0) is 13.1. The lowest BCUT2D eigenvalue weighted by Crippen LogP contribution is -2.40. The highest BCUT2D eigenvalue weighted by Gasteiger charge is 2.08. The number of ether oxygens (including phenoxy) is 1. The van der Waals surface area contributed by atoms with E-state index in [2.05, 4.69) is 16.0 Å². The first kappa shape index (κ1) is 15.9. The van der Waals surface area contributed by atoms with Crippen molar-refractivity contribution >= 4 is 11.8 Å². The lowest BCUT2D eigenvalue weighted by atomic mass is 10.2. The van der Waals surface area contributed by atoms with Crippen LogP contribution in [-0.2, 0) is 14.3 Å². The Morgan fingerprint density at radius 3 is 2.53 bits per heavy atom. The lowest BCUT2D eigenvalue weighted by Gasteiger charge is -2.12. The van der Waals surface area contributed by atoms with E-state index >= 15 is 0 Å². The normalized spacial score (nSPS) is 11.9. The molecule has 2 amide bonds. The molecule has 3 N–H and O–H groups in total. The third-order valence-electron chi connectivity index (χ3n) is 2.12. The fourth-order valence-electron chi connectivity index (χ4n) is 1.30.